The molecule has 1 saturated heterocycles. The number of imidazole rings is 1. The van der Waals surface area contributed by atoms with Gasteiger partial charge in [0.15, 0.2) is 23.0 Å². The monoisotopic (exact) mass is 473 g/mol. The lowest BCUT2D eigenvalue weighted by Gasteiger charge is -2.32. The molecule has 35 heavy (non-hydrogen) atoms. The number of aliphatic hydroxyl groups excluding tert-OH is 1. The molecule has 178 valence electrons. The number of pyridine rings is 2. The highest BCUT2D eigenvalue weighted by Gasteiger charge is 2.21. The van der Waals surface area contributed by atoms with Gasteiger partial charge in [-0.1, -0.05) is 0 Å². The first-order chi connectivity index (χ1) is 17.0. The smallest absolute Gasteiger partial charge is 0.223 e. The summed E-state index contributed by atoms with van der Waals surface area (Å²) >= 11 is 0. The SMILES string of the molecule is Cc1cc(C#N)ncc1Oc1cc(Nc2ccc(N3CCO[C@H](CO)C3)nn2)c2ncn(C)c2n1. The number of ether oxygens (including phenoxy) is 2. The molecule has 0 aliphatic carbocycles. The van der Waals surface area contributed by atoms with Gasteiger partial charge in [-0.05, 0) is 30.7 Å². The lowest BCUT2D eigenvalue weighted by molar-refractivity contribution is 0.00332. The second-order valence-corrected chi connectivity index (χ2v) is 8.11. The van der Waals surface area contributed by atoms with E-state index >= 15 is 0 Å². The van der Waals surface area contributed by atoms with Gasteiger partial charge in [0.25, 0.3) is 0 Å². The van der Waals surface area contributed by atoms with E-state index in [1.165, 1.54) is 6.20 Å². The molecule has 0 saturated carbocycles. The first-order valence-corrected chi connectivity index (χ1v) is 11.0. The summed E-state index contributed by atoms with van der Waals surface area (Å²) in [5.41, 5.74) is 3.01. The average Bonchev–Trinajstić information content (AvgIpc) is 3.26. The van der Waals surface area contributed by atoms with Gasteiger partial charge in [-0.25, -0.2) is 9.97 Å². The Labute approximate surface area is 200 Å². The predicted octanol–water partition coefficient (Wildman–Crippen LogP) is 2.07. The highest BCUT2D eigenvalue weighted by atomic mass is 16.5. The lowest BCUT2D eigenvalue weighted by Crippen LogP contribution is -2.44. The molecule has 12 nitrogen and oxygen atoms in total. The molecule has 0 spiro atoms. The summed E-state index contributed by atoms with van der Waals surface area (Å²) in [4.78, 5) is 15.1. The van der Waals surface area contributed by atoms with Crippen molar-refractivity contribution < 1.29 is 14.6 Å². The van der Waals surface area contributed by atoms with Crippen LogP contribution in [0.15, 0.2) is 36.8 Å². The molecule has 0 aromatic carbocycles. The van der Waals surface area contributed by atoms with Crippen LogP contribution in [0.1, 0.15) is 11.3 Å². The fourth-order valence-electron chi connectivity index (χ4n) is 3.78. The Morgan fingerprint density at radius 2 is 2.17 bits per heavy atom. The fraction of sp³-hybridized carbons (Fsp3) is 0.304. The number of anilines is 3. The van der Waals surface area contributed by atoms with Crippen LogP contribution in [0.25, 0.3) is 11.2 Å². The summed E-state index contributed by atoms with van der Waals surface area (Å²) in [6, 6.07) is 9.11. The first-order valence-electron chi connectivity index (χ1n) is 11.0. The van der Waals surface area contributed by atoms with Crippen LogP contribution in [0.4, 0.5) is 17.3 Å². The van der Waals surface area contributed by atoms with E-state index in [0.29, 0.717) is 65.5 Å². The standard InChI is InChI=1S/C23H23N9O3/c1-14-7-15(9-24)25-10-18(14)35-21-8-17(22-23(28-21)31(2)13-26-22)27-19-3-4-20(30-29-19)32-5-6-34-16(11-32)12-33/h3-4,7-8,10,13,16,33H,5-6,11-12H2,1-2H3,(H,27,28,29)/t16-/m0/s1. The minimum atomic E-state index is -0.231. The number of aryl methyl sites for hydroxylation is 2. The van der Waals surface area contributed by atoms with Crippen molar-refractivity contribution in [2.45, 2.75) is 13.0 Å². The quantitative estimate of drug-likeness (QED) is 0.424. The van der Waals surface area contributed by atoms with Crippen LogP contribution in [0.2, 0.25) is 0 Å². The second-order valence-electron chi connectivity index (χ2n) is 8.11. The van der Waals surface area contributed by atoms with Gasteiger partial charge in [0, 0.05) is 26.2 Å². The topological polar surface area (TPSA) is 147 Å². The number of rotatable bonds is 6. The Balaban J connectivity index is 1.40. The Hall–Kier alpha value is -4.34. The number of nitriles is 1. The molecule has 0 bridgehead atoms. The third kappa shape index (κ3) is 4.68. The molecular weight excluding hydrogens is 450 g/mol. The van der Waals surface area contributed by atoms with Crippen LogP contribution < -0.4 is 15.0 Å². The molecule has 12 heteroatoms. The van der Waals surface area contributed by atoms with E-state index in [9.17, 15) is 5.11 Å². The van der Waals surface area contributed by atoms with Crippen LogP contribution >= 0.6 is 0 Å². The zero-order chi connectivity index (χ0) is 24.4. The molecule has 2 N–H and O–H groups in total. The molecule has 0 amide bonds. The van der Waals surface area contributed by atoms with E-state index in [4.69, 9.17) is 14.7 Å². The van der Waals surface area contributed by atoms with Crippen LogP contribution in [0.3, 0.4) is 0 Å². The Bertz CT molecular complexity index is 1400. The summed E-state index contributed by atoms with van der Waals surface area (Å²) in [6.07, 6.45) is 2.95. The lowest BCUT2D eigenvalue weighted by atomic mass is 10.2. The number of hydrogen-bond acceptors (Lipinski definition) is 11. The zero-order valence-corrected chi connectivity index (χ0v) is 19.2. The van der Waals surface area contributed by atoms with E-state index in [-0.39, 0.29) is 12.7 Å². The fourth-order valence-corrected chi connectivity index (χ4v) is 3.78. The third-order valence-electron chi connectivity index (χ3n) is 5.62. The molecule has 1 atom stereocenters. The predicted molar refractivity (Wildman–Crippen MR) is 127 cm³/mol. The first kappa shape index (κ1) is 22.5. The highest BCUT2D eigenvalue weighted by molar-refractivity contribution is 5.88. The Kier molecular flexibility index (Phi) is 6.09. The molecule has 4 aromatic heterocycles. The van der Waals surface area contributed by atoms with Gasteiger partial charge >= 0.3 is 0 Å². The van der Waals surface area contributed by atoms with E-state index in [1.54, 1.807) is 23.0 Å². The van der Waals surface area contributed by atoms with Gasteiger partial charge in [0.05, 0.1) is 37.5 Å². The molecule has 4 aromatic rings. The minimum absolute atomic E-state index is 0.0336. The van der Waals surface area contributed by atoms with Crippen molar-refractivity contribution in [3.8, 4) is 17.7 Å². The van der Waals surface area contributed by atoms with Crippen LogP contribution in [0.5, 0.6) is 11.6 Å². The normalized spacial score (nSPS) is 15.7. The Morgan fingerprint density at radius 1 is 1.29 bits per heavy atom. The molecule has 1 aliphatic heterocycles. The number of nitrogens with one attached hydrogen (secondary N) is 1. The minimum Gasteiger partial charge on any atom is -0.437 e. The molecule has 0 radical (unpaired) electrons. The number of fused-ring (bicyclic) bond motifs is 1. The molecule has 5 rings (SSSR count). The van der Waals surface area contributed by atoms with Crippen molar-refractivity contribution in [3.05, 3.63) is 48.0 Å². The molecule has 1 fully saturated rings. The third-order valence-corrected chi connectivity index (χ3v) is 5.62. The van der Waals surface area contributed by atoms with Gasteiger partial charge in [0.2, 0.25) is 5.88 Å². The maximum Gasteiger partial charge on any atom is 0.223 e. The maximum absolute atomic E-state index is 9.37. The zero-order valence-electron chi connectivity index (χ0n) is 19.2. The van der Waals surface area contributed by atoms with Crippen molar-refractivity contribution in [2.75, 3.05) is 36.5 Å². The number of nitrogens with zero attached hydrogens (tertiary/aromatic N) is 8. The highest BCUT2D eigenvalue weighted by Crippen LogP contribution is 2.31. The van der Waals surface area contributed by atoms with E-state index < -0.39 is 0 Å². The van der Waals surface area contributed by atoms with Gasteiger partial charge < -0.3 is 29.4 Å². The second kappa shape index (κ2) is 9.49. The summed E-state index contributed by atoms with van der Waals surface area (Å²) in [5, 5.41) is 30.3. The maximum atomic E-state index is 9.37. The van der Waals surface area contributed by atoms with E-state index in [2.05, 4.69) is 30.5 Å². The van der Waals surface area contributed by atoms with Gasteiger partial charge in [-0.2, -0.15) is 10.2 Å². The van der Waals surface area contributed by atoms with Crippen molar-refractivity contribution in [1.29, 1.82) is 5.26 Å². The van der Waals surface area contributed by atoms with E-state index in [0.717, 1.165) is 5.56 Å². The van der Waals surface area contributed by atoms with Gasteiger partial charge in [-0.3, -0.25) is 0 Å². The summed E-state index contributed by atoms with van der Waals surface area (Å²) in [6.45, 7) is 3.57. The van der Waals surface area contributed by atoms with Crippen molar-refractivity contribution >= 4 is 28.5 Å². The molecule has 1 aliphatic rings. The Morgan fingerprint density at radius 3 is 2.91 bits per heavy atom. The largest absolute Gasteiger partial charge is 0.437 e. The molecular formula is C23H23N9O3. The number of hydrogen-bond donors (Lipinski definition) is 2. The summed E-state index contributed by atoms with van der Waals surface area (Å²) in [5.74, 6) is 2.08. The number of aromatic nitrogens is 6. The van der Waals surface area contributed by atoms with Crippen molar-refractivity contribution in [3.63, 3.8) is 0 Å². The summed E-state index contributed by atoms with van der Waals surface area (Å²) < 4.78 is 13.3. The molecule has 0 unspecified atom stereocenters. The van der Waals surface area contributed by atoms with Crippen LogP contribution in [-0.4, -0.2) is 67.2 Å². The van der Waals surface area contributed by atoms with Crippen LogP contribution in [-0.2, 0) is 11.8 Å². The van der Waals surface area contributed by atoms with Crippen LogP contribution in [0, 0.1) is 18.3 Å². The summed E-state index contributed by atoms with van der Waals surface area (Å²) in [7, 11) is 1.85. The molecule has 5 heterocycles. The number of aliphatic hydroxyl groups is 1. The average molecular weight is 473 g/mol. The van der Waals surface area contributed by atoms with Crippen molar-refractivity contribution in [1.82, 2.24) is 29.7 Å². The van der Waals surface area contributed by atoms with Crippen molar-refractivity contribution in [2.24, 2.45) is 7.05 Å². The van der Waals surface area contributed by atoms with Gasteiger partial charge in [0.1, 0.15) is 17.3 Å². The number of morpholine rings is 1. The van der Waals surface area contributed by atoms with Gasteiger partial charge in [-0.15, -0.1) is 10.2 Å². The van der Waals surface area contributed by atoms with E-state index in [1.807, 2.05) is 37.1 Å².